The zero-order valence-corrected chi connectivity index (χ0v) is 14.5. The Kier molecular flexibility index (Phi) is 5.01. The number of hydrogen-bond donors (Lipinski definition) is 1. The first-order valence-electron chi connectivity index (χ1n) is 8.42. The number of rotatable bonds is 4. The van der Waals surface area contributed by atoms with E-state index in [4.69, 9.17) is 0 Å². The van der Waals surface area contributed by atoms with Gasteiger partial charge in [-0.25, -0.2) is 4.79 Å². The van der Waals surface area contributed by atoms with Gasteiger partial charge < -0.3 is 10.2 Å². The van der Waals surface area contributed by atoms with Crippen molar-refractivity contribution in [1.29, 1.82) is 0 Å². The van der Waals surface area contributed by atoms with E-state index in [0.717, 1.165) is 27.7 Å². The summed E-state index contributed by atoms with van der Waals surface area (Å²) in [5.74, 6) is -0.315. The Labute approximate surface area is 149 Å². The minimum Gasteiger partial charge on any atom is -0.324 e. The molecule has 2 amide bonds. The van der Waals surface area contributed by atoms with Crippen LogP contribution in [0.25, 0.3) is 0 Å². The third-order valence-corrected chi connectivity index (χ3v) is 4.34. The van der Waals surface area contributed by atoms with Crippen LogP contribution in [0.5, 0.6) is 0 Å². The highest BCUT2D eigenvalue weighted by atomic mass is 16.2. The molecule has 2 heterocycles. The van der Waals surface area contributed by atoms with Crippen LogP contribution in [-0.2, 0) is 23.2 Å². The van der Waals surface area contributed by atoms with E-state index in [1.54, 1.807) is 23.1 Å². The number of nitrogens with zero attached hydrogens (tertiary/aromatic N) is 3. The normalized spacial score (nSPS) is 14.3. The molecule has 0 radical (unpaired) electrons. The lowest BCUT2D eigenvalue weighted by molar-refractivity contribution is -0.119. The van der Waals surface area contributed by atoms with Gasteiger partial charge in [-0.15, -0.1) is 0 Å². The SMILES string of the molecule is Cn1c(=O)ccn(CC(=O)Nc2cccc(N3CCCCC3=O)c2)c1=O. The van der Waals surface area contributed by atoms with Gasteiger partial charge in [0, 0.05) is 43.7 Å². The number of amides is 2. The van der Waals surface area contributed by atoms with Crippen molar-refractivity contribution in [2.75, 3.05) is 16.8 Å². The summed E-state index contributed by atoms with van der Waals surface area (Å²) < 4.78 is 2.10. The van der Waals surface area contributed by atoms with Gasteiger partial charge in [0.2, 0.25) is 11.8 Å². The smallest absolute Gasteiger partial charge is 0.324 e. The summed E-state index contributed by atoms with van der Waals surface area (Å²) >= 11 is 0. The van der Waals surface area contributed by atoms with Gasteiger partial charge in [-0.1, -0.05) is 6.07 Å². The van der Waals surface area contributed by atoms with Crippen molar-refractivity contribution in [2.45, 2.75) is 25.8 Å². The second-order valence-electron chi connectivity index (χ2n) is 6.22. The minimum absolute atomic E-state index is 0.0801. The Hall–Kier alpha value is -3.16. The van der Waals surface area contributed by atoms with Crippen molar-refractivity contribution >= 4 is 23.2 Å². The average Bonchev–Trinajstić information content (AvgIpc) is 2.63. The molecular weight excluding hydrogens is 336 g/mol. The molecule has 1 aliphatic heterocycles. The number of nitrogens with one attached hydrogen (secondary N) is 1. The van der Waals surface area contributed by atoms with Crippen LogP contribution in [0.15, 0.2) is 46.1 Å². The van der Waals surface area contributed by atoms with E-state index in [-0.39, 0.29) is 12.5 Å². The van der Waals surface area contributed by atoms with E-state index >= 15 is 0 Å². The van der Waals surface area contributed by atoms with Crippen molar-refractivity contribution in [3.8, 4) is 0 Å². The maximum atomic E-state index is 12.2. The molecule has 1 aliphatic rings. The third kappa shape index (κ3) is 3.74. The van der Waals surface area contributed by atoms with Gasteiger partial charge in [-0.3, -0.25) is 23.5 Å². The summed E-state index contributed by atoms with van der Waals surface area (Å²) in [6.07, 6.45) is 3.69. The first kappa shape index (κ1) is 17.7. The summed E-state index contributed by atoms with van der Waals surface area (Å²) in [6, 6.07) is 8.29. The predicted octanol–water partition coefficient (Wildman–Crippen LogP) is 0.703. The van der Waals surface area contributed by atoms with E-state index < -0.39 is 17.2 Å². The van der Waals surface area contributed by atoms with Gasteiger partial charge in [-0.05, 0) is 31.0 Å². The molecule has 0 unspecified atom stereocenters. The molecule has 2 aromatic rings. The number of aromatic nitrogens is 2. The molecular formula is C18H20N4O4. The molecule has 1 aromatic heterocycles. The van der Waals surface area contributed by atoms with Crippen LogP contribution in [0.3, 0.4) is 0 Å². The van der Waals surface area contributed by atoms with Crippen LogP contribution < -0.4 is 21.5 Å². The number of hydrogen-bond acceptors (Lipinski definition) is 4. The van der Waals surface area contributed by atoms with Crippen LogP contribution in [0, 0.1) is 0 Å². The van der Waals surface area contributed by atoms with Crippen molar-refractivity contribution < 1.29 is 9.59 Å². The molecule has 26 heavy (non-hydrogen) atoms. The zero-order valence-electron chi connectivity index (χ0n) is 14.5. The molecule has 1 fully saturated rings. The molecule has 8 nitrogen and oxygen atoms in total. The average molecular weight is 356 g/mol. The van der Waals surface area contributed by atoms with Gasteiger partial charge in [0.1, 0.15) is 6.54 Å². The van der Waals surface area contributed by atoms with E-state index in [0.29, 0.717) is 18.7 Å². The minimum atomic E-state index is -0.555. The predicted molar refractivity (Wildman–Crippen MR) is 97.2 cm³/mol. The first-order chi connectivity index (χ1) is 12.5. The second-order valence-corrected chi connectivity index (χ2v) is 6.22. The van der Waals surface area contributed by atoms with E-state index in [9.17, 15) is 19.2 Å². The van der Waals surface area contributed by atoms with Gasteiger partial charge in [0.25, 0.3) is 5.56 Å². The fourth-order valence-corrected chi connectivity index (χ4v) is 2.92. The Morgan fingerprint density at radius 1 is 1.15 bits per heavy atom. The third-order valence-electron chi connectivity index (χ3n) is 4.34. The number of piperidine rings is 1. The van der Waals surface area contributed by atoms with Gasteiger partial charge in [0.05, 0.1) is 0 Å². The molecule has 1 N–H and O–H groups in total. The molecule has 8 heteroatoms. The largest absolute Gasteiger partial charge is 0.331 e. The van der Waals surface area contributed by atoms with Crippen LogP contribution in [0.1, 0.15) is 19.3 Å². The fraction of sp³-hybridized carbons (Fsp3) is 0.333. The molecule has 3 rings (SSSR count). The Morgan fingerprint density at radius 2 is 1.96 bits per heavy atom. The standard InChI is InChI=1S/C18H20N4O4/c1-20-16(24)8-10-21(18(20)26)12-15(23)19-13-5-4-6-14(11-13)22-9-3-2-7-17(22)25/h4-6,8,10-11H,2-3,7,9,12H2,1H3,(H,19,23). The Bertz CT molecular complexity index is 960. The lowest BCUT2D eigenvalue weighted by Crippen LogP contribution is -2.39. The van der Waals surface area contributed by atoms with E-state index in [1.807, 2.05) is 6.07 Å². The maximum Gasteiger partial charge on any atom is 0.331 e. The zero-order chi connectivity index (χ0) is 18.7. The Balaban J connectivity index is 1.73. The number of anilines is 2. The molecule has 0 spiro atoms. The molecule has 0 bridgehead atoms. The van der Waals surface area contributed by atoms with Crippen LogP contribution >= 0.6 is 0 Å². The Morgan fingerprint density at radius 3 is 2.73 bits per heavy atom. The van der Waals surface area contributed by atoms with Crippen molar-refractivity contribution in [3.63, 3.8) is 0 Å². The summed E-state index contributed by atoms with van der Waals surface area (Å²) in [5, 5.41) is 2.72. The summed E-state index contributed by atoms with van der Waals surface area (Å²) in [4.78, 5) is 49.4. The van der Waals surface area contributed by atoms with Crippen molar-refractivity contribution in [2.24, 2.45) is 7.05 Å². The summed E-state index contributed by atoms with van der Waals surface area (Å²) in [6.45, 7) is 0.462. The number of benzene rings is 1. The van der Waals surface area contributed by atoms with Crippen LogP contribution in [0.2, 0.25) is 0 Å². The quantitative estimate of drug-likeness (QED) is 0.873. The highest BCUT2D eigenvalue weighted by molar-refractivity contribution is 5.96. The summed E-state index contributed by atoms with van der Waals surface area (Å²) in [5.41, 5.74) is 0.307. The topological polar surface area (TPSA) is 93.4 Å². The van der Waals surface area contributed by atoms with Crippen molar-refractivity contribution in [1.82, 2.24) is 9.13 Å². The van der Waals surface area contributed by atoms with Crippen LogP contribution in [0.4, 0.5) is 11.4 Å². The van der Waals surface area contributed by atoms with E-state index in [2.05, 4.69) is 5.32 Å². The molecule has 0 aliphatic carbocycles. The second kappa shape index (κ2) is 7.38. The molecule has 0 atom stereocenters. The maximum absolute atomic E-state index is 12.2. The van der Waals surface area contributed by atoms with Gasteiger partial charge in [0.15, 0.2) is 0 Å². The van der Waals surface area contributed by atoms with Crippen LogP contribution in [-0.4, -0.2) is 27.5 Å². The molecule has 0 saturated carbocycles. The lowest BCUT2D eigenvalue weighted by atomic mass is 10.1. The fourth-order valence-electron chi connectivity index (χ4n) is 2.92. The number of carbonyl (C=O) groups is 2. The molecule has 1 saturated heterocycles. The highest BCUT2D eigenvalue weighted by Gasteiger charge is 2.19. The number of carbonyl (C=O) groups excluding carboxylic acids is 2. The molecule has 1 aromatic carbocycles. The van der Waals surface area contributed by atoms with E-state index in [1.165, 1.54) is 19.3 Å². The first-order valence-corrected chi connectivity index (χ1v) is 8.42. The highest BCUT2D eigenvalue weighted by Crippen LogP contribution is 2.23. The molecule has 136 valence electrons. The van der Waals surface area contributed by atoms with Crippen molar-refractivity contribution in [3.05, 3.63) is 57.4 Å². The van der Waals surface area contributed by atoms with Gasteiger partial charge in [-0.2, -0.15) is 0 Å². The summed E-state index contributed by atoms with van der Waals surface area (Å²) in [7, 11) is 1.36. The van der Waals surface area contributed by atoms with Gasteiger partial charge >= 0.3 is 5.69 Å². The monoisotopic (exact) mass is 356 g/mol. The lowest BCUT2D eigenvalue weighted by Gasteiger charge is -2.27.